The third-order valence-corrected chi connectivity index (χ3v) is 5.24. The first-order chi connectivity index (χ1) is 11.0. The lowest BCUT2D eigenvalue weighted by molar-refractivity contribution is -0.907. The van der Waals surface area contributed by atoms with Crippen LogP contribution in [0.15, 0.2) is 18.2 Å². The van der Waals surface area contributed by atoms with Crippen molar-refractivity contribution >= 4 is 23.0 Å². The van der Waals surface area contributed by atoms with Crippen molar-refractivity contribution in [3.8, 4) is 0 Å². The number of hydrogen-bond acceptors (Lipinski definition) is 1. The van der Waals surface area contributed by atoms with Gasteiger partial charge in [-0.3, -0.25) is 0 Å². The second-order valence-electron chi connectivity index (χ2n) is 7.02. The molecule has 1 atom stereocenters. The van der Waals surface area contributed by atoms with E-state index in [2.05, 4.69) is 56.2 Å². The highest BCUT2D eigenvalue weighted by molar-refractivity contribution is 7.80. The molecule has 2 rings (SSSR count). The Labute approximate surface area is 147 Å². The smallest absolute Gasteiger partial charge is 0.173 e. The average molecular weight is 335 g/mol. The third-order valence-electron chi connectivity index (χ3n) is 4.88. The van der Waals surface area contributed by atoms with Crippen LogP contribution in [0.1, 0.15) is 43.7 Å². The first-order valence-electron chi connectivity index (χ1n) is 8.96. The lowest BCUT2D eigenvalue weighted by Gasteiger charge is -2.36. The van der Waals surface area contributed by atoms with Crippen molar-refractivity contribution in [2.75, 3.05) is 32.0 Å². The molecule has 0 bridgehead atoms. The molecule has 0 spiro atoms. The lowest BCUT2D eigenvalue weighted by Crippen LogP contribution is -3.13. The van der Waals surface area contributed by atoms with E-state index in [-0.39, 0.29) is 0 Å². The van der Waals surface area contributed by atoms with Crippen LogP contribution in [-0.2, 0) is 0 Å². The highest BCUT2D eigenvalue weighted by Gasteiger charge is 2.26. The van der Waals surface area contributed by atoms with Crippen LogP contribution in [0.5, 0.6) is 0 Å². The number of unbranched alkanes of at least 4 members (excludes halogenated alkanes) is 1. The van der Waals surface area contributed by atoms with Gasteiger partial charge in [0, 0.05) is 31.6 Å². The molecule has 2 N–H and O–H groups in total. The maximum Gasteiger partial charge on any atom is 0.173 e. The normalized spacial score (nSPS) is 17.1. The first kappa shape index (κ1) is 18.2. The summed E-state index contributed by atoms with van der Waals surface area (Å²) < 4.78 is 0. The molecule has 1 aromatic rings. The van der Waals surface area contributed by atoms with Crippen LogP contribution in [0.25, 0.3) is 0 Å². The largest absolute Gasteiger partial charge is 0.349 e. The Hall–Kier alpha value is -1.13. The second-order valence-corrected chi connectivity index (χ2v) is 7.40. The van der Waals surface area contributed by atoms with Gasteiger partial charge in [-0.1, -0.05) is 19.4 Å². The van der Waals surface area contributed by atoms with Gasteiger partial charge in [0.1, 0.15) is 0 Å². The van der Waals surface area contributed by atoms with E-state index < -0.39 is 0 Å². The Balaban J connectivity index is 1.83. The third kappa shape index (κ3) is 5.47. The van der Waals surface area contributed by atoms with Crippen molar-refractivity contribution in [2.45, 2.75) is 52.5 Å². The Morgan fingerprint density at radius 1 is 1.22 bits per heavy atom. The van der Waals surface area contributed by atoms with Gasteiger partial charge >= 0.3 is 0 Å². The van der Waals surface area contributed by atoms with Crippen molar-refractivity contribution in [2.24, 2.45) is 0 Å². The van der Waals surface area contributed by atoms with E-state index in [1.807, 2.05) is 0 Å². The zero-order chi connectivity index (χ0) is 16.8. The fraction of sp³-hybridized carbons (Fsp3) is 0.632. The van der Waals surface area contributed by atoms with Gasteiger partial charge in [-0.2, -0.15) is 0 Å². The van der Waals surface area contributed by atoms with Gasteiger partial charge in [-0.15, -0.1) is 0 Å². The number of likely N-dealkylation sites (tertiary alicyclic amines) is 1. The van der Waals surface area contributed by atoms with Crippen LogP contribution in [0.2, 0.25) is 0 Å². The van der Waals surface area contributed by atoms with Crippen LogP contribution in [-0.4, -0.2) is 42.7 Å². The van der Waals surface area contributed by atoms with Crippen LogP contribution in [0.4, 0.5) is 5.69 Å². The van der Waals surface area contributed by atoms with E-state index in [4.69, 9.17) is 12.2 Å². The molecule has 0 aromatic heterocycles. The topological polar surface area (TPSA) is 19.7 Å². The maximum atomic E-state index is 5.62. The van der Waals surface area contributed by atoms with Crippen molar-refractivity contribution in [3.05, 3.63) is 29.3 Å². The van der Waals surface area contributed by atoms with E-state index in [1.54, 1.807) is 4.90 Å². The van der Waals surface area contributed by atoms with Crippen molar-refractivity contribution in [1.82, 2.24) is 4.90 Å². The number of nitrogens with zero attached hydrogens (tertiary/aromatic N) is 1. The highest BCUT2D eigenvalue weighted by atomic mass is 32.1. The van der Waals surface area contributed by atoms with E-state index in [0.717, 1.165) is 29.9 Å². The molecule has 1 unspecified atom stereocenters. The molecule has 0 radical (unpaired) electrons. The highest BCUT2D eigenvalue weighted by Crippen LogP contribution is 2.16. The van der Waals surface area contributed by atoms with Crippen LogP contribution >= 0.6 is 12.2 Å². The SMILES string of the molecule is CCCC[NH+](C)C1CCN(C(=S)Nc2cc(C)cc(C)c2)CC1. The predicted octanol–water partition coefficient (Wildman–Crippen LogP) is 2.78. The van der Waals surface area contributed by atoms with Crippen LogP contribution < -0.4 is 10.2 Å². The Bertz CT molecular complexity index is 501. The molecular weight excluding hydrogens is 302 g/mol. The summed E-state index contributed by atoms with van der Waals surface area (Å²) >= 11 is 5.62. The monoisotopic (exact) mass is 334 g/mol. The number of anilines is 1. The minimum absolute atomic E-state index is 0.793. The van der Waals surface area contributed by atoms with Crippen molar-refractivity contribution in [3.63, 3.8) is 0 Å². The number of hydrogen-bond donors (Lipinski definition) is 2. The summed E-state index contributed by atoms with van der Waals surface area (Å²) in [5, 5.41) is 4.30. The summed E-state index contributed by atoms with van der Waals surface area (Å²) in [5.74, 6) is 0. The summed E-state index contributed by atoms with van der Waals surface area (Å²) in [4.78, 5) is 4.02. The molecule has 1 saturated heterocycles. The Morgan fingerprint density at radius 3 is 2.39 bits per heavy atom. The maximum absolute atomic E-state index is 5.62. The molecule has 1 aromatic carbocycles. The number of aryl methyl sites for hydroxylation is 2. The number of rotatable bonds is 5. The van der Waals surface area contributed by atoms with E-state index in [0.29, 0.717) is 0 Å². The fourth-order valence-electron chi connectivity index (χ4n) is 3.48. The minimum atomic E-state index is 0.793. The van der Waals surface area contributed by atoms with Gasteiger partial charge in [-0.05, 0) is 55.7 Å². The summed E-state index contributed by atoms with van der Waals surface area (Å²) in [6.45, 7) is 9.97. The lowest BCUT2D eigenvalue weighted by atomic mass is 10.0. The molecule has 1 heterocycles. The quantitative estimate of drug-likeness (QED) is 0.808. The molecule has 1 aliphatic heterocycles. The van der Waals surface area contributed by atoms with Crippen molar-refractivity contribution in [1.29, 1.82) is 0 Å². The number of quaternary nitrogens is 1. The molecule has 1 aliphatic rings. The number of thiocarbonyl (C=S) groups is 1. The number of piperidine rings is 1. The Morgan fingerprint density at radius 2 is 1.83 bits per heavy atom. The van der Waals surface area contributed by atoms with E-state index in [1.165, 1.54) is 43.4 Å². The average Bonchev–Trinajstić information content (AvgIpc) is 2.51. The first-order valence-corrected chi connectivity index (χ1v) is 9.37. The zero-order valence-electron chi connectivity index (χ0n) is 15.1. The molecule has 0 aliphatic carbocycles. The number of nitrogens with one attached hydrogen (secondary N) is 2. The molecule has 128 valence electrons. The van der Waals surface area contributed by atoms with Gasteiger partial charge in [0.2, 0.25) is 0 Å². The molecule has 4 heteroatoms. The summed E-state index contributed by atoms with van der Waals surface area (Å²) in [6.07, 6.45) is 5.10. The van der Waals surface area contributed by atoms with Crippen LogP contribution in [0, 0.1) is 13.8 Å². The standard InChI is InChI=1S/C19H31N3S/c1-5-6-9-21(4)18-7-10-22(11-8-18)19(23)20-17-13-15(2)12-16(3)14-17/h12-14,18H,5-11H2,1-4H3,(H,20,23)/p+1. The predicted molar refractivity (Wildman–Crippen MR) is 103 cm³/mol. The van der Waals surface area contributed by atoms with Gasteiger partial charge in [0.15, 0.2) is 5.11 Å². The Kier molecular flexibility index (Phi) is 6.85. The molecule has 3 nitrogen and oxygen atoms in total. The van der Waals surface area contributed by atoms with Crippen molar-refractivity contribution < 1.29 is 4.90 Å². The summed E-state index contributed by atoms with van der Waals surface area (Å²) in [7, 11) is 2.35. The molecular formula is C19H32N3S+. The number of benzene rings is 1. The van der Waals surface area contributed by atoms with Gasteiger partial charge in [0.25, 0.3) is 0 Å². The van der Waals surface area contributed by atoms with Gasteiger partial charge in [0.05, 0.1) is 19.6 Å². The molecule has 0 saturated carbocycles. The summed E-state index contributed by atoms with van der Waals surface area (Å²) in [5.41, 5.74) is 3.66. The van der Waals surface area contributed by atoms with E-state index >= 15 is 0 Å². The van der Waals surface area contributed by atoms with E-state index in [9.17, 15) is 0 Å². The second kappa shape index (κ2) is 8.65. The molecule has 23 heavy (non-hydrogen) atoms. The van der Waals surface area contributed by atoms with Gasteiger partial charge < -0.3 is 15.1 Å². The summed E-state index contributed by atoms with van der Waals surface area (Å²) in [6, 6.07) is 7.31. The van der Waals surface area contributed by atoms with Gasteiger partial charge in [-0.25, -0.2) is 0 Å². The zero-order valence-corrected chi connectivity index (χ0v) is 15.9. The fourth-order valence-corrected chi connectivity index (χ4v) is 3.78. The molecule has 1 fully saturated rings. The minimum Gasteiger partial charge on any atom is -0.349 e. The van der Waals surface area contributed by atoms with Crippen LogP contribution in [0.3, 0.4) is 0 Å². The molecule has 0 amide bonds.